The molecule has 0 unspecified atom stereocenters. The maximum absolute atomic E-state index is 5.25. The molecule has 2 rings (SSSR count). The third-order valence-electron chi connectivity index (χ3n) is 1.78. The number of furan rings is 1. The van der Waals surface area contributed by atoms with Crippen LogP contribution in [-0.2, 0) is 7.05 Å². The molecule has 0 aliphatic rings. The maximum atomic E-state index is 5.25. The van der Waals surface area contributed by atoms with Gasteiger partial charge in [-0.05, 0) is 18.7 Å². The molecule has 2 heterocycles. The van der Waals surface area contributed by atoms with Gasteiger partial charge in [-0.2, -0.15) is 0 Å². The molecule has 0 saturated heterocycles. The molecule has 0 amide bonds. The summed E-state index contributed by atoms with van der Waals surface area (Å²) >= 11 is 0. The fourth-order valence-electron chi connectivity index (χ4n) is 1.11. The summed E-state index contributed by atoms with van der Waals surface area (Å²) in [5.74, 6) is 0.913. The minimum Gasteiger partial charge on any atom is -0.464 e. The van der Waals surface area contributed by atoms with Crippen molar-refractivity contribution in [3.05, 3.63) is 42.9 Å². The van der Waals surface area contributed by atoms with Gasteiger partial charge in [0, 0.05) is 17.7 Å². The van der Waals surface area contributed by atoms with Crippen molar-refractivity contribution in [3.63, 3.8) is 0 Å². The van der Waals surface area contributed by atoms with Crippen molar-refractivity contribution in [1.82, 2.24) is 0 Å². The van der Waals surface area contributed by atoms with Gasteiger partial charge >= 0.3 is 0 Å². The first kappa shape index (κ1) is 11.5. The standard InChI is InChI=1S/C10H10NO.C2H7N/c1-11-6-4-9(5-7-11)10-3-2-8-12-10;1-2-3/h2-8H,1H3;2-3H2,1H3/q+1;. The SMILES string of the molecule is CCN.C[n+]1ccc(-c2ccco2)cc1. The largest absolute Gasteiger partial charge is 0.464 e. The van der Waals surface area contributed by atoms with Crippen molar-refractivity contribution < 1.29 is 8.98 Å². The van der Waals surface area contributed by atoms with E-state index in [4.69, 9.17) is 10.2 Å². The number of aryl methyl sites for hydroxylation is 1. The van der Waals surface area contributed by atoms with Crippen LogP contribution < -0.4 is 10.3 Å². The molecule has 2 aromatic rings. The second-order valence-electron chi connectivity index (χ2n) is 3.14. The summed E-state index contributed by atoms with van der Waals surface area (Å²) in [5.41, 5.74) is 5.96. The van der Waals surface area contributed by atoms with Crippen LogP contribution >= 0.6 is 0 Å². The topological polar surface area (TPSA) is 43.0 Å². The molecule has 0 radical (unpaired) electrons. The zero-order valence-corrected chi connectivity index (χ0v) is 9.18. The van der Waals surface area contributed by atoms with Crippen molar-refractivity contribution in [1.29, 1.82) is 0 Å². The van der Waals surface area contributed by atoms with Gasteiger partial charge in [-0.25, -0.2) is 4.57 Å². The van der Waals surface area contributed by atoms with Gasteiger partial charge in [0.25, 0.3) is 0 Å². The highest BCUT2D eigenvalue weighted by Crippen LogP contribution is 2.17. The maximum Gasteiger partial charge on any atom is 0.169 e. The van der Waals surface area contributed by atoms with Gasteiger partial charge in [-0.1, -0.05) is 6.92 Å². The first-order valence-electron chi connectivity index (χ1n) is 4.97. The van der Waals surface area contributed by atoms with E-state index >= 15 is 0 Å². The highest BCUT2D eigenvalue weighted by Gasteiger charge is 2.00. The Morgan fingerprint density at radius 2 is 1.87 bits per heavy atom. The molecule has 15 heavy (non-hydrogen) atoms. The van der Waals surface area contributed by atoms with Gasteiger partial charge in [0.05, 0.1) is 6.26 Å². The van der Waals surface area contributed by atoms with Crippen LogP contribution in [0.5, 0.6) is 0 Å². The average molecular weight is 205 g/mol. The van der Waals surface area contributed by atoms with E-state index in [1.807, 2.05) is 55.2 Å². The zero-order chi connectivity index (χ0) is 11.1. The van der Waals surface area contributed by atoms with Crippen molar-refractivity contribution in [2.75, 3.05) is 6.54 Å². The van der Waals surface area contributed by atoms with E-state index in [9.17, 15) is 0 Å². The van der Waals surface area contributed by atoms with Crippen molar-refractivity contribution in [2.24, 2.45) is 12.8 Å². The zero-order valence-electron chi connectivity index (χ0n) is 9.18. The summed E-state index contributed by atoms with van der Waals surface area (Å²) in [5, 5.41) is 0. The molecule has 0 aromatic carbocycles. The van der Waals surface area contributed by atoms with Crippen LogP contribution in [0.2, 0.25) is 0 Å². The summed E-state index contributed by atoms with van der Waals surface area (Å²) in [6.07, 6.45) is 5.68. The normalized spacial score (nSPS) is 9.27. The molecule has 0 bridgehead atoms. The van der Waals surface area contributed by atoms with Crippen LogP contribution in [0.25, 0.3) is 11.3 Å². The Morgan fingerprint density at radius 1 is 1.27 bits per heavy atom. The molecule has 0 atom stereocenters. The van der Waals surface area contributed by atoms with Crippen molar-refractivity contribution in [2.45, 2.75) is 6.92 Å². The highest BCUT2D eigenvalue weighted by atomic mass is 16.3. The highest BCUT2D eigenvalue weighted by molar-refractivity contribution is 5.55. The third-order valence-corrected chi connectivity index (χ3v) is 1.78. The summed E-state index contributed by atoms with van der Waals surface area (Å²) < 4.78 is 7.24. The first-order chi connectivity index (χ1) is 7.27. The van der Waals surface area contributed by atoms with Crippen LogP contribution in [0.15, 0.2) is 47.3 Å². The summed E-state index contributed by atoms with van der Waals surface area (Å²) in [4.78, 5) is 0. The van der Waals surface area contributed by atoms with Gasteiger partial charge in [-0.15, -0.1) is 0 Å². The van der Waals surface area contributed by atoms with E-state index in [2.05, 4.69) is 0 Å². The first-order valence-corrected chi connectivity index (χ1v) is 4.97. The molecule has 80 valence electrons. The molecule has 2 N–H and O–H groups in total. The van der Waals surface area contributed by atoms with Gasteiger partial charge in [-0.3, -0.25) is 0 Å². The molecule has 0 fully saturated rings. The van der Waals surface area contributed by atoms with Crippen LogP contribution in [0.3, 0.4) is 0 Å². The number of nitrogens with two attached hydrogens (primary N) is 1. The number of aromatic nitrogens is 1. The van der Waals surface area contributed by atoms with E-state index in [-0.39, 0.29) is 0 Å². The quantitative estimate of drug-likeness (QED) is 0.720. The molecule has 2 aromatic heterocycles. The van der Waals surface area contributed by atoms with Gasteiger partial charge in [0.2, 0.25) is 0 Å². The van der Waals surface area contributed by atoms with Gasteiger partial charge in [0.1, 0.15) is 12.8 Å². The lowest BCUT2D eigenvalue weighted by Gasteiger charge is -1.92. The molecular weight excluding hydrogens is 188 g/mol. The Kier molecular flexibility index (Phi) is 4.57. The smallest absolute Gasteiger partial charge is 0.169 e. The molecular formula is C12H17N2O+. The molecule has 0 aliphatic heterocycles. The van der Waals surface area contributed by atoms with Crippen LogP contribution in [0.4, 0.5) is 0 Å². The molecule has 3 heteroatoms. The minimum absolute atomic E-state index is 0.750. The Hall–Kier alpha value is -1.61. The van der Waals surface area contributed by atoms with Crippen molar-refractivity contribution >= 4 is 0 Å². The van der Waals surface area contributed by atoms with Crippen LogP contribution in [0, 0.1) is 0 Å². The summed E-state index contributed by atoms with van der Waals surface area (Å²) in [6.45, 7) is 2.65. The predicted octanol–water partition coefficient (Wildman–Crippen LogP) is 1.74. The minimum atomic E-state index is 0.750. The molecule has 0 aliphatic carbocycles. The lowest BCUT2D eigenvalue weighted by atomic mass is 10.2. The Bertz CT molecular complexity index is 365. The van der Waals surface area contributed by atoms with Crippen LogP contribution in [0.1, 0.15) is 6.92 Å². The fourth-order valence-corrected chi connectivity index (χ4v) is 1.11. The number of rotatable bonds is 1. The van der Waals surface area contributed by atoms with E-state index < -0.39 is 0 Å². The Labute approximate surface area is 90.2 Å². The molecule has 3 nitrogen and oxygen atoms in total. The predicted molar refractivity (Wildman–Crippen MR) is 60.0 cm³/mol. The number of hydrogen-bond donors (Lipinski definition) is 1. The number of hydrogen-bond acceptors (Lipinski definition) is 2. The van der Waals surface area contributed by atoms with E-state index in [1.165, 1.54) is 0 Å². The third kappa shape index (κ3) is 3.56. The fraction of sp³-hybridized carbons (Fsp3) is 0.250. The lowest BCUT2D eigenvalue weighted by Crippen LogP contribution is -2.25. The number of pyridine rings is 1. The van der Waals surface area contributed by atoms with Crippen LogP contribution in [-0.4, -0.2) is 6.54 Å². The lowest BCUT2D eigenvalue weighted by molar-refractivity contribution is -0.671. The second-order valence-corrected chi connectivity index (χ2v) is 3.14. The number of nitrogens with zero attached hydrogens (tertiary/aromatic N) is 1. The van der Waals surface area contributed by atoms with E-state index in [0.717, 1.165) is 17.9 Å². The molecule has 0 saturated carbocycles. The molecule has 0 spiro atoms. The van der Waals surface area contributed by atoms with E-state index in [1.54, 1.807) is 6.26 Å². The summed E-state index contributed by atoms with van der Waals surface area (Å²) in [7, 11) is 1.99. The van der Waals surface area contributed by atoms with E-state index in [0.29, 0.717) is 0 Å². The summed E-state index contributed by atoms with van der Waals surface area (Å²) in [6, 6.07) is 7.90. The Balaban J connectivity index is 0.000000337. The second kappa shape index (κ2) is 5.98. The van der Waals surface area contributed by atoms with Gasteiger partial charge in [0.15, 0.2) is 12.4 Å². The van der Waals surface area contributed by atoms with Crippen molar-refractivity contribution in [3.8, 4) is 11.3 Å². The monoisotopic (exact) mass is 205 g/mol. The average Bonchev–Trinajstić information content (AvgIpc) is 2.73. The Morgan fingerprint density at radius 3 is 2.33 bits per heavy atom. The van der Waals surface area contributed by atoms with Gasteiger partial charge < -0.3 is 10.2 Å².